The second-order valence-corrected chi connectivity index (χ2v) is 6.46. The number of nitrogens with zero attached hydrogens (tertiary/aromatic N) is 1. The van der Waals surface area contributed by atoms with Gasteiger partial charge in [-0.15, -0.1) is 0 Å². The van der Waals surface area contributed by atoms with Crippen LogP contribution in [0.5, 0.6) is 11.5 Å². The van der Waals surface area contributed by atoms with E-state index in [1.807, 2.05) is 0 Å². The average Bonchev–Trinajstić information content (AvgIpc) is 3.40. The van der Waals surface area contributed by atoms with Crippen LogP contribution in [-0.2, 0) is 0 Å². The maximum Gasteiger partial charge on any atom is 0.416 e. The van der Waals surface area contributed by atoms with Crippen molar-refractivity contribution in [1.29, 1.82) is 0 Å². The SMILES string of the molecule is OC(CN(CC1CC1)c1cccc(Oc2ccc(F)cc2)c1)C(F)(F)F. The van der Waals surface area contributed by atoms with Crippen molar-refractivity contribution in [2.75, 3.05) is 18.0 Å². The minimum Gasteiger partial charge on any atom is -0.457 e. The zero-order chi connectivity index (χ0) is 18.7. The summed E-state index contributed by atoms with van der Waals surface area (Å²) in [6.07, 6.45) is -5.12. The van der Waals surface area contributed by atoms with Gasteiger partial charge in [-0.1, -0.05) is 6.07 Å². The highest BCUT2D eigenvalue weighted by Gasteiger charge is 2.40. The van der Waals surface area contributed by atoms with Gasteiger partial charge in [0.25, 0.3) is 0 Å². The normalized spacial score (nSPS) is 15.6. The van der Waals surface area contributed by atoms with E-state index >= 15 is 0 Å². The van der Waals surface area contributed by atoms with Gasteiger partial charge in [-0.2, -0.15) is 13.2 Å². The zero-order valence-electron chi connectivity index (χ0n) is 13.9. The van der Waals surface area contributed by atoms with E-state index in [0.717, 1.165) is 12.8 Å². The van der Waals surface area contributed by atoms with Gasteiger partial charge in [0.1, 0.15) is 17.3 Å². The summed E-state index contributed by atoms with van der Waals surface area (Å²) in [7, 11) is 0. The third-order valence-electron chi connectivity index (χ3n) is 4.18. The van der Waals surface area contributed by atoms with E-state index in [0.29, 0.717) is 29.6 Å². The summed E-state index contributed by atoms with van der Waals surface area (Å²) in [4.78, 5) is 1.54. The van der Waals surface area contributed by atoms with Crippen molar-refractivity contribution in [1.82, 2.24) is 0 Å². The highest BCUT2D eigenvalue weighted by Crippen LogP contribution is 2.34. The van der Waals surface area contributed by atoms with Crippen LogP contribution in [0.3, 0.4) is 0 Å². The molecule has 1 aliphatic rings. The molecular formula is C19H19F4NO2. The van der Waals surface area contributed by atoms with E-state index in [4.69, 9.17) is 4.74 Å². The summed E-state index contributed by atoms with van der Waals surface area (Å²) < 4.78 is 56.8. The standard InChI is InChI=1S/C19H19F4NO2/c20-14-6-8-16(9-7-14)26-17-3-1-2-15(10-17)24(11-13-4-5-13)12-18(25)19(21,22)23/h1-3,6-10,13,18,25H,4-5,11-12H2. The van der Waals surface area contributed by atoms with E-state index < -0.39 is 18.8 Å². The molecule has 0 amide bonds. The van der Waals surface area contributed by atoms with Gasteiger partial charge in [0.2, 0.25) is 0 Å². The number of aliphatic hydroxyl groups is 1. The second kappa shape index (κ2) is 7.53. The first kappa shape index (κ1) is 18.5. The Morgan fingerprint density at radius 1 is 1.08 bits per heavy atom. The zero-order valence-corrected chi connectivity index (χ0v) is 13.9. The number of hydrogen-bond donors (Lipinski definition) is 1. The molecule has 1 atom stereocenters. The van der Waals surface area contributed by atoms with Crippen molar-refractivity contribution in [2.45, 2.75) is 25.1 Å². The molecule has 140 valence electrons. The summed E-state index contributed by atoms with van der Waals surface area (Å²) in [5.41, 5.74) is 0.541. The first-order valence-electron chi connectivity index (χ1n) is 8.34. The van der Waals surface area contributed by atoms with Crippen LogP contribution in [0.25, 0.3) is 0 Å². The molecule has 1 unspecified atom stereocenters. The van der Waals surface area contributed by atoms with Crippen molar-refractivity contribution < 1.29 is 27.4 Å². The van der Waals surface area contributed by atoms with Gasteiger partial charge in [0.05, 0.1) is 6.54 Å². The fraction of sp³-hybridized carbons (Fsp3) is 0.368. The van der Waals surface area contributed by atoms with Gasteiger partial charge >= 0.3 is 6.18 Å². The third-order valence-corrected chi connectivity index (χ3v) is 4.18. The Balaban J connectivity index is 1.76. The van der Waals surface area contributed by atoms with Gasteiger partial charge in [0, 0.05) is 18.3 Å². The van der Waals surface area contributed by atoms with Crippen molar-refractivity contribution in [2.24, 2.45) is 5.92 Å². The van der Waals surface area contributed by atoms with E-state index in [9.17, 15) is 22.7 Å². The van der Waals surface area contributed by atoms with E-state index in [2.05, 4.69) is 0 Å². The highest BCUT2D eigenvalue weighted by atomic mass is 19.4. The smallest absolute Gasteiger partial charge is 0.416 e. The van der Waals surface area contributed by atoms with Crippen LogP contribution in [0, 0.1) is 11.7 Å². The van der Waals surface area contributed by atoms with Crippen LogP contribution in [-0.4, -0.2) is 30.5 Å². The number of aliphatic hydroxyl groups excluding tert-OH is 1. The lowest BCUT2D eigenvalue weighted by Gasteiger charge is -2.28. The minimum absolute atomic E-state index is 0.345. The summed E-state index contributed by atoms with van der Waals surface area (Å²) in [5, 5.41) is 9.45. The Labute approximate surface area is 148 Å². The number of halogens is 4. The lowest BCUT2D eigenvalue weighted by molar-refractivity contribution is -0.200. The fourth-order valence-electron chi connectivity index (χ4n) is 2.59. The highest BCUT2D eigenvalue weighted by molar-refractivity contribution is 5.52. The Hall–Kier alpha value is -2.28. The van der Waals surface area contributed by atoms with Gasteiger partial charge in [-0.05, 0) is 55.2 Å². The molecule has 0 aromatic heterocycles. The largest absolute Gasteiger partial charge is 0.457 e. The molecule has 1 N–H and O–H groups in total. The quantitative estimate of drug-likeness (QED) is 0.715. The number of ether oxygens (including phenoxy) is 1. The number of rotatable bonds is 7. The number of hydrogen-bond acceptors (Lipinski definition) is 3. The van der Waals surface area contributed by atoms with Gasteiger partial charge < -0.3 is 14.7 Å². The Morgan fingerprint density at radius 2 is 1.77 bits per heavy atom. The first-order valence-corrected chi connectivity index (χ1v) is 8.34. The minimum atomic E-state index is -4.66. The predicted octanol–water partition coefficient (Wildman–Crippen LogP) is 4.76. The molecular weight excluding hydrogens is 350 g/mol. The number of alkyl halides is 3. The van der Waals surface area contributed by atoms with Crippen LogP contribution in [0.1, 0.15) is 12.8 Å². The topological polar surface area (TPSA) is 32.7 Å². The Kier molecular flexibility index (Phi) is 5.36. The van der Waals surface area contributed by atoms with Crippen molar-refractivity contribution in [3.8, 4) is 11.5 Å². The third kappa shape index (κ3) is 5.11. The van der Waals surface area contributed by atoms with E-state index in [1.165, 1.54) is 29.2 Å². The average molecular weight is 369 g/mol. The molecule has 3 rings (SSSR count). The summed E-state index contributed by atoms with van der Waals surface area (Å²) in [6, 6.07) is 12.1. The molecule has 0 radical (unpaired) electrons. The van der Waals surface area contributed by atoms with Crippen LogP contribution in [0.2, 0.25) is 0 Å². The van der Waals surface area contributed by atoms with Crippen LogP contribution in [0.4, 0.5) is 23.2 Å². The molecule has 0 bridgehead atoms. The van der Waals surface area contributed by atoms with Crippen LogP contribution in [0.15, 0.2) is 48.5 Å². The van der Waals surface area contributed by atoms with Crippen molar-refractivity contribution in [3.05, 3.63) is 54.3 Å². The maximum absolute atomic E-state index is 13.0. The lowest BCUT2D eigenvalue weighted by atomic mass is 10.2. The van der Waals surface area contributed by atoms with Gasteiger partial charge in [-0.3, -0.25) is 0 Å². The molecule has 0 aliphatic heterocycles. The summed E-state index contributed by atoms with van der Waals surface area (Å²) in [6.45, 7) is -0.0762. The molecule has 2 aromatic carbocycles. The second-order valence-electron chi connectivity index (χ2n) is 6.46. The molecule has 0 heterocycles. The molecule has 7 heteroatoms. The molecule has 0 saturated heterocycles. The summed E-state index contributed by atoms with van der Waals surface area (Å²) >= 11 is 0. The Morgan fingerprint density at radius 3 is 2.38 bits per heavy atom. The Bertz CT molecular complexity index is 729. The molecule has 1 saturated carbocycles. The van der Waals surface area contributed by atoms with Gasteiger partial charge in [0.15, 0.2) is 6.10 Å². The van der Waals surface area contributed by atoms with E-state index in [-0.39, 0.29) is 5.82 Å². The van der Waals surface area contributed by atoms with Gasteiger partial charge in [-0.25, -0.2) is 4.39 Å². The lowest BCUT2D eigenvalue weighted by Crippen LogP contribution is -2.42. The fourth-order valence-corrected chi connectivity index (χ4v) is 2.59. The maximum atomic E-state index is 13.0. The molecule has 1 aliphatic carbocycles. The van der Waals surface area contributed by atoms with Crippen LogP contribution >= 0.6 is 0 Å². The van der Waals surface area contributed by atoms with Crippen molar-refractivity contribution in [3.63, 3.8) is 0 Å². The number of benzene rings is 2. The molecule has 1 fully saturated rings. The summed E-state index contributed by atoms with van der Waals surface area (Å²) in [5.74, 6) is 0.809. The van der Waals surface area contributed by atoms with Crippen LogP contribution < -0.4 is 9.64 Å². The number of anilines is 1. The molecule has 26 heavy (non-hydrogen) atoms. The van der Waals surface area contributed by atoms with E-state index in [1.54, 1.807) is 24.3 Å². The monoisotopic (exact) mass is 369 g/mol. The molecule has 2 aromatic rings. The predicted molar refractivity (Wildman–Crippen MR) is 89.9 cm³/mol. The first-order chi connectivity index (χ1) is 12.3. The molecule has 0 spiro atoms. The van der Waals surface area contributed by atoms with Crippen molar-refractivity contribution >= 4 is 5.69 Å². The molecule has 3 nitrogen and oxygen atoms in total.